The maximum Gasteiger partial charge on any atom is 0.319 e. The molecule has 0 spiro atoms. The molecule has 0 saturated heterocycles. The van der Waals surface area contributed by atoms with Crippen LogP contribution in [0.15, 0.2) is 71.7 Å². The number of aromatic nitrogens is 1. The van der Waals surface area contributed by atoms with Crippen LogP contribution in [0.3, 0.4) is 0 Å². The van der Waals surface area contributed by atoms with Gasteiger partial charge in [-0.15, -0.1) is 0 Å². The number of benzene rings is 2. The number of hydrogen-bond donors (Lipinski definition) is 3. The number of carboxylic acid groups (broad SMARTS) is 1. The number of aryl methyl sites for hydroxylation is 1. The Kier molecular flexibility index (Phi) is 7.10. The van der Waals surface area contributed by atoms with Crippen molar-refractivity contribution in [3.63, 3.8) is 0 Å². The molecule has 0 aliphatic carbocycles. The van der Waals surface area contributed by atoms with Crippen molar-refractivity contribution in [1.82, 2.24) is 9.88 Å². The summed E-state index contributed by atoms with van der Waals surface area (Å²) < 4.78 is 1.44. The molecule has 3 aromatic rings. The Labute approximate surface area is 184 Å². The molecule has 0 saturated carbocycles. The molecule has 31 heavy (non-hydrogen) atoms. The minimum absolute atomic E-state index is 0.0749. The van der Waals surface area contributed by atoms with E-state index >= 15 is 0 Å². The summed E-state index contributed by atoms with van der Waals surface area (Å²) in [5.74, 6) is -1.05. The lowest BCUT2D eigenvalue weighted by atomic mass is 9.99. The van der Waals surface area contributed by atoms with Crippen LogP contribution in [0.1, 0.15) is 29.2 Å². The molecule has 1 heterocycles. The van der Waals surface area contributed by atoms with Gasteiger partial charge in [0.1, 0.15) is 5.69 Å². The first kappa shape index (κ1) is 22.1. The first-order valence-electron chi connectivity index (χ1n) is 9.63. The maximum absolute atomic E-state index is 12.8. The zero-order valence-corrected chi connectivity index (χ0v) is 17.6. The van der Waals surface area contributed by atoms with Crippen molar-refractivity contribution in [2.24, 2.45) is 0 Å². The molecule has 0 fully saturated rings. The van der Waals surface area contributed by atoms with Gasteiger partial charge < -0.3 is 20.3 Å². The molecular formula is C23H22ClN3O4. The number of pyridine rings is 1. The number of hydrogen-bond acceptors (Lipinski definition) is 3. The second-order valence-corrected chi connectivity index (χ2v) is 7.46. The van der Waals surface area contributed by atoms with Crippen molar-refractivity contribution in [3.05, 3.63) is 98.9 Å². The zero-order chi connectivity index (χ0) is 22.4. The highest BCUT2D eigenvalue weighted by Crippen LogP contribution is 2.21. The Morgan fingerprint density at radius 2 is 1.77 bits per heavy atom. The average molecular weight is 440 g/mol. The van der Waals surface area contributed by atoms with E-state index in [1.54, 1.807) is 36.5 Å². The summed E-state index contributed by atoms with van der Waals surface area (Å²) in [6, 6.07) is 16.1. The van der Waals surface area contributed by atoms with Crippen molar-refractivity contribution < 1.29 is 14.7 Å². The number of amides is 2. The van der Waals surface area contributed by atoms with Crippen LogP contribution in [0, 0.1) is 6.92 Å². The van der Waals surface area contributed by atoms with Crippen LogP contribution in [0.4, 0.5) is 10.5 Å². The van der Waals surface area contributed by atoms with Gasteiger partial charge in [0, 0.05) is 11.2 Å². The molecule has 0 radical (unpaired) electrons. The highest BCUT2D eigenvalue weighted by Gasteiger charge is 2.20. The van der Waals surface area contributed by atoms with E-state index in [-0.39, 0.29) is 18.7 Å². The van der Waals surface area contributed by atoms with Gasteiger partial charge in [0.15, 0.2) is 0 Å². The Morgan fingerprint density at radius 3 is 2.48 bits per heavy atom. The van der Waals surface area contributed by atoms with Gasteiger partial charge in [-0.1, -0.05) is 54.1 Å². The quantitative estimate of drug-likeness (QED) is 0.513. The fourth-order valence-corrected chi connectivity index (χ4v) is 3.47. The first-order chi connectivity index (χ1) is 14.8. The minimum Gasteiger partial charge on any atom is -0.481 e. The van der Waals surface area contributed by atoms with Crippen LogP contribution in [-0.2, 0) is 11.3 Å². The maximum atomic E-state index is 12.8. The molecule has 0 bridgehead atoms. The molecule has 8 heteroatoms. The summed E-state index contributed by atoms with van der Waals surface area (Å²) in [5.41, 5.74) is 2.00. The van der Waals surface area contributed by atoms with Crippen LogP contribution in [0.2, 0.25) is 5.02 Å². The smallest absolute Gasteiger partial charge is 0.319 e. The Hall–Kier alpha value is -3.58. The van der Waals surface area contributed by atoms with Crippen LogP contribution >= 0.6 is 11.6 Å². The van der Waals surface area contributed by atoms with Gasteiger partial charge in [0.25, 0.3) is 5.56 Å². The van der Waals surface area contributed by atoms with E-state index in [0.717, 1.165) is 11.1 Å². The number of carbonyl (C=O) groups excluding carboxylic acids is 1. The normalized spacial score (nSPS) is 11.5. The van der Waals surface area contributed by atoms with E-state index in [2.05, 4.69) is 10.6 Å². The Balaban J connectivity index is 1.78. The Bertz CT molecular complexity index is 1160. The SMILES string of the molecule is Cc1ccccc1[C@H](CC(=O)O)NC(=O)Nc1cccn(Cc2ccccc2Cl)c1=O. The van der Waals surface area contributed by atoms with Gasteiger partial charge in [-0.2, -0.15) is 0 Å². The molecule has 3 N–H and O–H groups in total. The van der Waals surface area contributed by atoms with E-state index in [0.29, 0.717) is 10.6 Å². The fourth-order valence-electron chi connectivity index (χ4n) is 3.27. The molecule has 1 aromatic heterocycles. The number of halogens is 1. The molecule has 0 aliphatic heterocycles. The summed E-state index contributed by atoms with van der Waals surface area (Å²) >= 11 is 6.18. The second-order valence-electron chi connectivity index (χ2n) is 7.05. The molecule has 0 unspecified atom stereocenters. The van der Waals surface area contributed by atoms with E-state index in [1.807, 2.05) is 31.2 Å². The summed E-state index contributed by atoms with van der Waals surface area (Å²) in [6.45, 7) is 2.09. The third kappa shape index (κ3) is 5.73. The molecule has 160 valence electrons. The number of rotatable bonds is 7. The molecule has 2 aromatic carbocycles. The van der Waals surface area contributed by atoms with Gasteiger partial charge in [0.2, 0.25) is 0 Å². The van der Waals surface area contributed by atoms with E-state index in [1.165, 1.54) is 10.6 Å². The van der Waals surface area contributed by atoms with Gasteiger partial charge in [0.05, 0.1) is 19.0 Å². The average Bonchev–Trinajstić information content (AvgIpc) is 2.72. The van der Waals surface area contributed by atoms with Crippen LogP contribution in [0.25, 0.3) is 0 Å². The molecular weight excluding hydrogens is 418 g/mol. The van der Waals surface area contributed by atoms with Gasteiger partial charge in [-0.3, -0.25) is 9.59 Å². The van der Waals surface area contributed by atoms with Crippen molar-refractivity contribution in [3.8, 4) is 0 Å². The number of nitrogens with zero attached hydrogens (tertiary/aromatic N) is 1. The summed E-state index contributed by atoms with van der Waals surface area (Å²) in [6.07, 6.45) is 1.32. The third-order valence-corrected chi connectivity index (χ3v) is 5.18. The molecule has 0 aliphatic rings. The standard InChI is InChI=1S/C23H22ClN3O4/c1-15-7-2-4-9-17(15)20(13-21(28)29)26-23(31)25-19-11-6-12-27(22(19)30)14-16-8-3-5-10-18(16)24/h2-12,20H,13-14H2,1H3,(H,28,29)(H2,25,26,31)/t20-/m0/s1. The summed E-state index contributed by atoms with van der Waals surface area (Å²) in [5, 5.41) is 15.0. The van der Waals surface area contributed by atoms with Crippen molar-refractivity contribution in [2.75, 3.05) is 5.32 Å². The predicted molar refractivity (Wildman–Crippen MR) is 120 cm³/mol. The molecule has 7 nitrogen and oxygen atoms in total. The summed E-state index contributed by atoms with van der Waals surface area (Å²) in [4.78, 5) is 36.7. The summed E-state index contributed by atoms with van der Waals surface area (Å²) in [7, 11) is 0. The van der Waals surface area contributed by atoms with Gasteiger partial charge >= 0.3 is 12.0 Å². The zero-order valence-electron chi connectivity index (χ0n) is 16.8. The lowest BCUT2D eigenvalue weighted by molar-refractivity contribution is -0.137. The third-order valence-electron chi connectivity index (χ3n) is 4.81. The van der Waals surface area contributed by atoms with Crippen LogP contribution in [-0.4, -0.2) is 21.7 Å². The Morgan fingerprint density at radius 1 is 1.06 bits per heavy atom. The lowest BCUT2D eigenvalue weighted by Gasteiger charge is -2.20. The van der Waals surface area contributed by atoms with Gasteiger partial charge in [-0.05, 0) is 41.8 Å². The van der Waals surface area contributed by atoms with Crippen molar-refractivity contribution in [2.45, 2.75) is 25.9 Å². The number of carbonyl (C=O) groups is 2. The van der Waals surface area contributed by atoms with Crippen LogP contribution < -0.4 is 16.2 Å². The topological polar surface area (TPSA) is 100 Å². The number of carboxylic acids is 1. The number of urea groups is 1. The molecule has 3 rings (SSSR count). The lowest BCUT2D eigenvalue weighted by Crippen LogP contribution is -2.36. The van der Waals surface area contributed by atoms with Crippen molar-refractivity contribution >= 4 is 29.3 Å². The monoisotopic (exact) mass is 439 g/mol. The highest BCUT2D eigenvalue weighted by atomic mass is 35.5. The highest BCUT2D eigenvalue weighted by molar-refractivity contribution is 6.31. The molecule has 1 atom stereocenters. The fraction of sp³-hybridized carbons (Fsp3) is 0.174. The van der Waals surface area contributed by atoms with E-state index < -0.39 is 23.6 Å². The van der Waals surface area contributed by atoms with E-state index in [9.17, 15) is 19.5 Å². The minimum atomic E-state index is -1.05. The van der Waals surface area contributed by atoms with Gasteiger partial charge in [-0.25, -0.2) is 4.79 Å². The van der Waals surface area contributed by atoms with Crippen LogP contribution in [0.5, 0.6) is 0 Å². The largest absolute Gasteiger partial charge is 0.481 e. The number of nitrogens with one attached hydrogen (secondary N) is 2. The number of anilines is 1. The predicted octanol–water partition coefficient (Wildman–Crippen LogP) is 4.20. The molecule has 2 amide bonds. The van der Waals surface area contributed by atoms with E-state index in [4.69, 9.17) is 11.6 Å². The number of aliphatic carboxylic acids is 1. The van der Waals surface area contributed by atoms with Crippen molar-refractivity contribution in [1.29, 1.82) is 0 Å². The first-order valence-corrected chi connectivity index (χ1v) is 10.0. The second kappa shape index (κ2) is 9.95.